The molecule has 0 bridgehead atoms. The van der Waals surface area contributed by atoms with Crippen LogP contribution in [0.1, 0.15) is 43.6 Å². The molecule has 2 aromatic heterocycles. The van der Waals surface area contributed by atoms with Gasteiger partial charge in [0.15, 0.2) is 5.13 Å². The number of aliphatic hydroxyl groups is 1. The molecule has 228 valence electrons. The van der Waals surface area contributed by atoms with Crippen molar-refractivity contribution in [3.8, 4) is 5.88 Å². The minimum atomic E-state index is -3.69. The van der Waals surface area contributed by atoms with Crippen molar-refractivity contribution in [2.45, 2.75) is 49.1 Å². The topological polar surface area (TPSA) is 108 Å². The summed E-state index contributed by atoms with van der Waals surface area (Å²) in [7, 11) is -2.12. The van der Waals surface area contributed by atoms with Crippen LogP contribution in [0.15, 0.2) is 65.6 Å². The number of methoxy groups -OCH3 is 1. The zero-order chi connectivity index (χ0) is 30.0. The summed E-state index contributed by atoms with van der Waals surface area (Å²) >= 11 is 1.35. The molecule has 6 rings (SSSR count). The number of piperazine rings is 1. The Hall–Kier alpha value is -3.32. The SMILES string of the molecule is COc1ccc2nc(NC(O)C(CC3CCCC3)c3ccc(S(=O)(=O)N4CCN(c5ccc(F)cc5)CC4)cc3)sc2n1. The summed E-state index contributed by atoms with van der Waals surface area (Å²) in [5.74, 6) is 0.474. The third kappa shape index (κ3) is 6.62. The predicted molar refractivity (Wildman–Crippen MR) is 167 cm³/mol. The molecule has 0 spiro atoms. The summed E-state index contributed by atoms with van der Waals surface area (Å²) in [6.45, 7) is 1.74. The lowest BCUT2D eigenvalue weighted by Crippen LogP contribution is -2.48. The summed E-state index contributed by atoms with van der Waals surface area (Å²) in [6, 6.07) is 16.8. The van der Waals surface area contributed by atoms with E-state index < -0.39 is 16.3 Å². The van der Waals surface area contributed by atoms with Gasteiger partial charge in [-0.05, 0) is 60.4 Å². The van der Waals surface area contributed by atoms with Crippen LogP contribution in [0.5, 0.6) is 5.88 Å². The van der Waals surface area contributed by atoms with E-state index in [0.29, 0.717) is 43.1 Å². The van der Waals surface area contributed by atoms with Crippen molar-refractivity contribution in [2.24, 2.45) is 5.92 Å². The monoisotopic (exact) mass is 625 g/mol. The normalized spacial score (nSPS) is 18.2. The maximum Gasteiger partial charge on any atom is 0.243 e. The molecule has 43 heavy (non-hydrogen) atoms. The van der Waals surface area contributed by atoms with E-state index in [0.717, 1.165) is 40.9 Å². The summed E-state index contributed by atoms with van der Waals surface area (Å²) < 4.78 is 47.1. The molecular weight excluding hydrogens is 590 g/mol. The lowest BCUT2D eigenvalue weighted by Gasteiger charge is -2.35. The van der Waals surface area contributed by atoms with Crippen LogP contribution in [0, 0.1) is 11.7 Å². The van der Waals surface area contributed by atoms with E-state index in [1.807, 2.05) is 18.2 Å². The first-order chi connectivity index (χ1) is 20.8. The Labute approximate surface area is 255 Å². The second-order valence-electron chi connectivity index (χ2n) is 11.2. The number of sulfonamides is 1. The van der Waals surface area contributed by atoms with Gasteiger partial charge in [-0.3, -0.25) is 0 Å². The van der Waals surface area contributed by atoms with Crippen LogP contribution in [0.2, 0.25) is 0 Å². The fourth-order valence-electron chi connectivity index (χ4n) is 6.13. The molecule has 0 amide bonds. The third-order valence-electron chi connectivity index (χ3n) is 8.53. The first-order valence-electron chi connectivity index (χ1n) is 14.7. The standard InChI is InChI=1S/C31H36FN5O4S2/c1-41-28-15-14-27-30(34-28)42-31(33-27)35-29(38)26(20-21-4-2-3-5-21)22-6-12-25(13-7-22)43(39,40)37-18-16-36(17-19-37)24-10-8-23(32)9-11-24/h6-15,21,26,29,38H,2-5,16-20H2,1H3,(H,33,35). The van der Waals surface area contributed by atoms with Crippen molar-refractivity contribution < 1.29 is 22.7 Å². The molecule has 2 fully saturated rings. The van der Waals surface area contributed by atoms with Crippen LogP contribution in [0.3, 0.4) is 0 Å². The highest BCUT2D eigenvalue weighted by atomic mass is 32.2. The zero-order valence-electron chi connectivity index (χ0n) is 24.0. The molecule has 1 aliphatic carbocycles. The van der Waals surface area contributed by atoms with E-state index in [2.05, 4.69) is 20.2 Å². The molecule has 12 heteroatoms. The Bertz CT molecular complexity index is 1640. The van der Waals surface area contributed by atoms with Crippen LogP contribution in [-0.2, 0) is 10.0 Å². The summed E-state index contributed by atoms with van der Waals surface area (Å²) in [5.41, 5.74) is 2.49. The largest absolute Gasteiger partial charge is 0.481 e. The number of rotatable bonds is 10. The second kappa shape index (κ2) is 12.7. The number of nitrogens with one attached hydrogen (secondary N) is 1. The third-order valence-corrected chi connectivity index (χ3v) is 11.3. The van der Waals surface area contributed by atoms with Gasteiger partial charge in [0.25, 0.3) is 0 Å². The molecule has 1 saturated heterocycles. The highest BCUT2D eigenvalue weighted by Crippen LogP contribution is 2.37. The molecule has 2 unspecified atom stereocenters. The van der Waals surface area contributed by atoms with Gasteiger partial charge in [-0.25, -0.2) is 22.8 Å². The summed E-state index contributed by atoms with van der Waals surface area (Å²) in [4.78, 5) is 12.0. The Morgan fingerprint density at radius 1 is 1.00 bits per heavy atom. The van der Waals surface area contributed by atoms with E-state index in [9.17, 15) is 17.9 Å². The van der Waals surface area contributed by atoms with Gasteiger partial charge < -0.3 is 20.1 Å². The lowest BCUT2D eigenvalue weighted by molar-refractivity contribution is 0.156. The van der Waals surface area contributed by atoms with Crippen molar-refractivity contribution in [3.63, 3.8) is 0 Å². The number of hydrogen-bond donors (Lipinski definition) is 2. The van der Waals surface area contributed by atoms with E-state index in [4.69, 9.17) is 4.74 Å². The first kappa shape index (κ1) is 29.7. The van der Waals surface area contributed by atoms with Crippen molar-refractivity contribution >= 4 is 42.5 Å². The Balaban J connectivity index is 1.16. The molecule has 9 nitrogen and oxygen atoms in total. The molecule has 2 aliphatic rings. The van der Waals surface area contributed by atoms with Crippen LogP contribution in [-0.4, -0.2) is 67.3 Å². The van der Waals surface area contributed by atoms with Gasteiger partial charge in [0.05, 0.1) is 12.0 Å². The average molecular weight is 626 g/mol. The van der Waals surface area contributed by atoms with E-state index in [1.165, 1.54) is 40.6 Å². The number of halogens is 1. The fourth-order valence-corrected chi connectivity index (χ4v) is 8.41. The predicted octanol–water partition coefficient (Wildman–Crippen LogP) is 5.44. The van der Waals surface area contributed by atoms with Crippen molar-refractivity contribution in [2.75, 3.05) is 43.5 Å². The number of benzene rings is 2. The quantitative estimate of drug-likeness (QED) is 0.224. The second-order valence-corrected chi connectivity index (χ2v) is 14.1. The minimum absolute atomic E-state index is 0.236. The highest BCUT2D eigenvalue weighted by molar-refractivity contribution is 7.89. The minimum Gasteiger partial charge on any atom is -0.481 e. The van der Waals surface area contributed by atoms with E-state index in [1.54, 1.807) is 37.4 Å². The number of nitrogens with zero attached hydrogens (tertiary/aromatic N) is 4. The van der Waals surface area contributed by atoms with Gasteiger partial charge in [0.1, 0.15) is 22.4 Å². The average Bonchev–Trinajstić information content (AvgIpc) is 3.69. The molecule has 1 aliphatic heterocycles. The number of aliphatic hydroxyl groups excluding tert-OH is 1. The summed E-state index contributed by atoms with van der Waals surface area (Å²) in [5, 5.41) is 15.2. The first-order valence-corrected chi connectivity index (χ1v) is 16.9. The van der Waals surface area contributed by atoms with E-state index in [-0.39, 0.29) is 16.6 Å². The Morgan fingerprint density at radius 2 is 1.70 bits per heavy atom. The number of thiazole rings is 1. The number of anilines is 2. The van der Waals surface area contributed by atoms with Gasteiger partial charge in [-0.1, -0.05) is 49.2 Å². The molecule has 2 N–H and O–H groups in total. The fraction of sp³-hybridized carbons (Fsp3) is 0.419. The van der Waals surface area contributed by atoms with E-state index >= 15 is 0 Å². The van der Waals surface area contributed by atoms with Crippen LogP contribution in [0.4, 0.5) is 15.2 Å². The number of hydrogen-bond acceptors (Lipinski definition) is 9. The van der Waals surface area contributed by atoms with Crippen molar-refractivity contribution in [3.05, 3.63) is 72.0 Å². The molecule has 0 radical (unpaired) electrons. The summed E-state index contributed by atoms with van der Waals surface area (Å²) in [6.07, 6.45) is 4.53. The molecule has 2 atom stereocenters. The number of ether oxygens (including phenoxy) is 1. The Morgan fingerprint density at radius 3 is 2.37 bits per heavy atom. The van der Waals surface area contributed by atoms with Crippen molar-refractivity contribution in [1.82, 2.24) is 14.3 Å². The molecule has 4 aromatic rings. The molecule has 1 saturated carbocycles. The van der Waals surface area contributed by atoms with Crippen LogP contribution in [0.25, 0.3) is 10.3 Å². The van der Waals surface area contributed by atoms with Gasteiger partial charge in [-0.15, -0.1) is 0 Å². The molecular formula is C31H36FN5O4S2. The number of fused-ring (bicyclic) bond motifs is 1. The zero-order valence-corrected chi connectivity index (χ0v) is 25.7. The van der Waals surface area contributed by atoms with Gasteiger partial charge in [0, 0.05) is 43.9 Å². The van der Waals surface area contributed by atoms with Gasteiger partial charge in [0.2, 0.25) is 15.9 Å². The van der Waals surface area contributed by atoms with Crippen molar-refractivity contribution in [1.29, 1.82) is 0 Å². The highest BCUT2D eigenvalue weighted by Gasteiger charge is 2.31. The van der Waals surface area contributed by atoms with Gasteiger partial charge in [-0.2, -0.15) is 4.31 Å². The van der Waals surface area contributed by atoms with Crippen LogP contribution < -0.4 is 15.0 Å². The maximum absolute atomic E-state index is 13.5. The van der Waals surface area contributed by atoms with Crippen LogP contribution >= 0.6 is 11.3 Å². The Kier molecular flexibility index (Phi) is 8.80. The number of pyridine rings is 1. The van der Waals surface area contributed by atoms with Gasteiger partial charge >= 0.3 is 0 Å². The molecule has 3 heterocycles. The number of aromatic nitrogens is 2. The lowest BCUT2D eigenvalue weighted by atomic mass is 9.86. The molecule has 2 aromatic carbocycles. The maximum atomic E-state index is 13.5. The smallest absolute Gasteiger partial charge is 0.243 e.